The first-order valence-corrected chi connectivity index (χ1v) is 4.06. The van der Waals surface area contributed by atoms with Crippen LogP contribution in [0.4, 0.5) is 8.78 Å². The van der Waals surface area contributed by atoms with E-state index in [0.29, 0.717) is 5.56 Å². The molecule has 0 fully saturated rings. The van der Waals surface area contributed by atoms with Crippen LogP contribution < -0.4 is 10.5 Å². The van der Waals surface area contributed by atoms with Crippen LogP contribution in [0, 0.1) is 0 Å². The maximum absolute atomic E-state index is 11.8. The summed E-state index contributed by atoms with van der Waals surface area (Å²) in [7, 11) is 0. The SMILES string of the molecule is NCC(O)c1ccc(OC(F)F)cc1. The highest BCUT2D eigenvalue weighted by Gasteiger charge is 2.07. The Morgan fingerprint density at radius 2 is 1.86 bits per heavy atom. The van der Waals surface area contributed by atoms with Crippen LogP contribution in [0.3, 0.4) is 0 Å². The van der Waals surface area contributed by atoms with Gasteiger partial charge in [-0.2, -0.15) is 8.78 Å². The number of aliphatic hydroxyl groups is 1. The second-order valence-electron chi connectivity index (χ2n) is 2.70. The Hall–Kier alpha value is -1.20. The van der Waals surface area contributed by atoms with Gasteiger partial charge in [-0.15, -0.1) is 0 Å². The maximum atomic E-state index is 11.8. The molecule has 3 N–H and O–H groups in total. The molecule has 1 aromatic carbocycles. The van der Waals surface area contributed by atoms with Gasteiger partial charge < -0.3 is 15.6 Å². The van der Waals surface area contributed by atoms with Crippen molar-refractivity contribution >= 4 is 0 Å². The van der Waals surface area contributed by atoms with Crippen LogP contribution in [0.5, 0.6) is 5.75 Å². The van der Waals surface area contributed by atoms with Crippen molar-refractivity contribution in [2.45, 2.75) is 12.7 Å². The summed E-state index contributed by atoms with van der Waals surface area (Å²) in [6.45, 7) is -2.74. The van der Waals surface area contributed by atoms with Crippen molar-refractivity contribution in [3.63, 3.8) is 0 Å². The molecule has 0 aliphatic rings. The summed E-state index contributed by atoms with van der Waals surface area (Å²) in [4.78, 5) is 0. The lowest BCUT2D eigenvalue weighted by molar-refractivity contribution is -0.0498. The standard InChI is InChI=1S/C9H11F2NO2/c10-9(11)14-7-3-1-6(2-4-7)8(13)5-12/h1-4,8-9,13H,5,12H2. The second kappa shape index (κ2) is 4.88. The van der Waals surface area contributed by atoms with Crippen molar-refractivity contribution < 1.29 is 18.6 Å². The van der Waals surface area contributed by atoms with Gasteiger partial charge in [-0.05, 0) is 17.7 Å². The van der Waals surface area contributed by atoms with E-state index < -0.39 is 12.7 Å². The van der Waals surface area contributed by atoms with Gasteiger partial charge in [-0.25, -0.2) is 0 Å². The Labute approximate surface area is 80.1 Å². The number of hydrogen-bond donors (Lipinski definition) is 2. The number of nitrogens with two attached hydrogens (primary N) is 1. The first kappa shape index (κ1) is 10.9. The lowest BCUT2D eigenvalue weighted by atomic mass is 10.1. The lowest BCUT2D eigenvalue weighted by Gasteiger charge is -2.09. The minimum absolute atomic E-state index is 0.0629. The number of rotatable bonds is 4. The summed E-state index contributed by atoms with van der Waals surface area (Å²) in [5.74, 6) is 0.0629. The Morgan fingerprint density at radius 1 is 1.29 bits per heavy atom. The summed E-state index contributed by atoms with van der Waals surface area (Å²) >= 11 is 0. The first-order chi connectivity index (χ1) is 6.63. The maximum Gasteiger partial charge on any atom is 0.387 e. The zero-order valence-electron chi connectivity index (χ0n) is 7.36. The summed E-state index contributed by atoms with van der Waals surface area (Å²) in [5.41, 5.74) is 5.80. The third kappa shape index (κ3) is 2.93. The molecular weight excluding hydrogens is 192 g/mol. The van der Waals surface area contributed by atoms with Crippen LogP contribution >= 0.6 is 0 Å². The van der Waals surface area contributed by atoms with Crippen LogP contribution in [0.1, 0.15) is 11.7 Å². The fourth-order valence-corrected chi connectivity index (χ4v) is 1.01. The predicted octanol–water partition coefficient (Wildman–Crippen LogP) is 1.28. The Bertz CT molecular complexity index is 277. The number of benzene rings is 1. The highest BCUT2D eigenvalue weighted by atomic mass is 19.3. The van der Waals surface area contributed by atoms with Gasteiger partial charge in [0.15, 0.2) is 0 Å². The van der Waals surface area contributed by atoms with E-state index in [2.05, 4.69) is 4.74 Å². The van der Waals surface area contributed by atoms with Crippen molar-refractivity contribution in [3.8, 4) is 5.75 Å². The van der Waals surface area contributed by atoms with E-state index in [0.717, 1.165) is 0 Å². The summed E-state index contributed by atoms with van der Waals surface area (Å²) in [5, 5.41) is 9.29. The van der Waals surface area contributed by atoms with E-state index in [1.807, 2.05) is 0 Å². The van der Waals surface area contributed by atoms with Gasteiger partial charge in [0, 0.05) is 6.54 Å². The number of alkyl halides is 2. The van der Waals surface area contributed by atoms with Crippen molar-refractivity contribution in [1.29, 1.82) is 0 Å². The lowest BCUT2D eigenvalue weighted by Crippen LogP contribution is -2.11. The average Bonchev–Trinajstić information content (AvgIpc) is 2.17. The topological polar surface area (TPSA) is 55.5 Å². The monoisotopic (exact) mass is 203 g/mol. The quantitative estimate of drug-likeness (QED) is 0.775. The summed E-state index contributed by atoms with van der Waals surface area (Å²) < 4.78 is 27.6. The molecule has 0 aliphatic heterocycles. The number of halogens is 2. The van der Waals surface area contributed by atoms with Crippen LogP contribution in [0.2, 0.25) is 0 Å². The van der Waals surface area contributed by atoms with Gasteiger partial charge in [0.05, 0.1) is 6.10 Å². The smallest absolute Gasteiger partial charge is 0.387 e. The number of ether oxygens (including phenoxy) is 1. The molecule has 0 heterocycles. The van der Waals surface area contributed by atoms with Gasteiger partial charge in [0.1, 0.15) is 5.75 Å². The van der Waals surface area contributed by atoms with Gasteiger partial charge in [-0.3, -0.25) is 0 Å². The molecule has 3 nitrogen and oxygen atoms in total. The Morgan fingerprint density at radius 3 is 2.29 bits per heavy atom. The van der Waals surface area contributed by atoms with Gasteiger partial charge in [0.25, 0.3) is 0 Å². The average molecular weight is 203 g/mol. The molecule has 0 aromatic heterocycles. The van der Waals surface area contributed by atoms with Crippen LogP contribution in [0.25, 0.3) is 0 Å². The van der Waals surface area contributed by atoms with Crippen molar-refractivity contribution in [2.75, 3.05) is 6.54 Å². The van der Waals surface area contributed by atoms with Crippen molar-refractivity contribution in [1.82, 2.24) is 0 Å². The van der Waals surface area contributed by atoms with Gasteiger partial charge >= 0.3 is 6.61 Å². The van der Waals surface area contributed by atoms with Gasteiger partial charge in [-0.1, -0.05) is 12.1 Å². The van der Waals surface area contributed by atoms with E-state index >= 15 is 0 Å². The second-order valence-corrected chi connectivity index (χ2v) is 2.70. The highest BCUT2D eigenvalue weighted by Crippen LogP contribution is 2.18. The summed E-state index contributed by atoms with van der Waals surface area (Å²) in [6, 6.07) is 5.71. The third-order valence-corrected chi connectivity index (χ3v) is 1.71. The Kier molecular flexibility index (Phi) is 3.79. The Balaban J connectivity index is 2.68. The molecule has 0 spiro atoms. The molecule has 0 saturated heterocycles. The van der Waals surface area contributed by atoms with E-state index in [-0.39, 0.29) is 12.3 Å². The molecule has 0 bridgehead atoms. The molecule has 0 aliphatic carbocycles. The predicted molar refractivity (Wildman–Crippen MR) is 47.1 cm³/mol. The van der Waals surface area contributed by atoms with Crippen molar-refractivity contribution in [3.05, 3.63) is 29.8 Å². The van der Waals surface area contributed by atoms with Crippen LogP contribution in [-0.4, -0.2) is 18.3 Å². The third-order valence-electron chi connectivity index (χ3n) is 1.71. The molecular formula is C9H11F2NO2. The van der Waals surface area contributed by atoms with E-state index in [1.165, 1.54) is 24.3 Å². The molecule has 1 atom stereocenters. The van der Waals surface area contributed by atoms with Crippen LogP contribution in [0.15, 0.2) is 24.3 Å². The minimum Gasteiger partial charge on any atom is -0.435 e. The number of hydrogen-bond acceptors (Lipinski definition) is 3. The first-order valence-electron chi connectivity index (χ1n) is 4.06. The minimum atomic E-state index is -2.83. The molecule has 0 amide bonds. The molecule has 0 saturated carbocycles. The highest BCUT2D eigenvalue weighted by molar-refractivity contribution is 5.28. The molecule has 5 heteroatoms. The van der Waals surface area contributed by atoms with Gasteiger partial charge in [0.2, 0.25) is 0 Å². The van der Waals surface area contributed by atoms with E-state index in [4.69, 9.17) is 5.73 Å². The fraction of sp³-hybridized carbons (Fsp3) is 0.333. The molecule has 1 unspecified atom stereocenters. The van der Waals surface area contributed by atoms with Crippen molar-refractivity contribution in [2.24, 2.45) is 5.73 Å². The zero-order chi connectivity index (χ0) is 10.6. The molecule has 1 rings (SSSR count). The zero-order valence-corrected chi connectivity index (χ0v) is 7.36. The largest absolute Gasteiger partial charge is 0.435 e. The molecule has 14 heavy (non-hydrogen) atoms. The molecule has 0 radical (unpaired) electrons. The number of aliphatic hydroxyl groups excluding tert-OH is 1. The molecule has 78 valence electrons. The summed E-state index contributed by atoms with van der Waals surface area (Å²) in [6.07, 6.45) is -0.768. The van der Waals surface area contributed by atoms with E-state index in [1.54, 1.807) is 0 Å². The van der Waals surface area contributed by atoms with Crippen LogP contribution in [-0.2, 0) is 0 Å². The van der Waals surface area contributed by atoms with E-state index in [9.17, 15) is 13.9 Å². The molecule has 1 aromatic rings. The fourth-order valence-electron chi connectivity index (χ4n) is 1.01. The normalized spacial score (nSPS) is 12.9.